The van der Waals surface area contributed by atoms with Crippen molar-refractivity contribution >= 4 is 17.6 Å². The molecule has 1 unspecified atom stereocenters. The lowest BCUT2D eigenvalue weighted by molar-refractivity contribution is -0.388. The van der Waals surface area contributed by atoms with Crippen LogP contribution in [0.25, 0.3) is 0 Å². The number of nitrogens with one attached hydrogen (secondary N) is 1. The first-order valence-corrected chi connectivity index (χ1v) is 5.04. The van der Waals surface area contributed by atoms with Gasteiger partial charge in [-0.2, -0.15) is 0 Å². The molecule has 0 aliphatic heterocycles. The molecule has 9 heteroatoms. The van der Waals surface area contributed by atoms with Gasteiger partial charge in [-0.25, -0.2) is 4.79 Å². The van der Waals surface area contributed by atoms with Crippen LogP contribution in [0.2, 0.25) is 0 Å². The van der Waals surface area contributed by atoms with Crippen LogP contribution in [0.5, 0.6) is 0 Å². The third-order valence-electron chi connectivity index (χ3n) is 2.42. The van der Waals surface area contributed by atoms with Gasteiger partial charge in [-0.3, -0.25) is 4.57 Å². The molecular formula is C9H14N4O5. The first kappa shape index (κ1) is 13.9. The van der Waals surface area contributed by atoms with E-state index in [4.69, 9.17) is 9.84 Å². The van der Waals surface area contributed by atoms with Crippen molar-refractivity contribution in [3.63, 3.8) is 0 Å². The van der Waals surface area contributed by atoms with Gasteiger partial charge in [0.1, 0.15) is 6.04 Å². The zero-order valence-corrected chi connectivity index (χ0v) is 10.2. The van der Waals surface area contributed by atoms with Crippen molar-refractivity contribution in [3.05, 3.63) is 15.9 Å². The van der Waals surface area contributed by atoms with Gasteiger partial charge < -0.3 is 25.3 Å². The second kappa shape index (κ2) is 5.45. The fraction of sp³-hybridized carbons (Fsp3) is 0.556. The Kier molecular flexibility index (Phi) is 4.21. The summed E-state index contributed by atoms with van der Waals surface area (Å²) in [6, 6.07) is -1.08. The van der Waals surface area contributed by atoms with Crippen LogP contribution in [-0.4, -0.2) is 45.3 Å². The van der Waals surface area contributed by atoms with E-state index in [0.29, 0.717) is 5.82 Å². The molecule has 0 aromatic carbocycles. The number of nitro groups is 1. The number of imidazole rings is 1. The van der Waals surface area contributed by atoms with Crippen molar-refractivity contribution in [1.82, 2.24) is 9.55 Å². The molecule has 1 atom stereocenters. The number of rotatable bonds is 6. The number of aliphatic carboxylic acids is 1. The highest BCUT2D eigenvalue weighted by atomic mass is 16.6. The van der Waals surface area contributed by atoms with Crippen LogP contribution in [0, 0.1) is 17.0 Å². The minimum Gasteiger partial charge on any atom is -0.480 e. The summed E-state index contributed by atoms with van der Waals surface area (Å²) in [5.41, 5.74) is 0. The van der Waals surface area contributed by atoms with E-state index >= 15 is 0 Å². The van der Waals surface area contributed by atoms with E-state index in [2.05, 4.69) is 10.3 Å². The molecule has 0 aliphatic rings. The Balaban J connectivity index is 3.08. The molecule has 0 saturated heterocycles. The normalized spacial score (nSPS) is 12.2. The van der Waals surface area contributed by atoms with Crippen LogP contribution in [0.15, 0.2) is 0 Å². The molecule has 0 saturated carbocycles. The summed E-state index contributed by atoms with van der Waals surface area (Å²) in [7, 11) is 2.91. The van der Waals surface area contributed by atoms with E-state index < -0.39 is 22.8 Å². The van der Waals surface area contributed by atoms with Gasteiger partial charge in [-0.05, 0) is 9.91 Å². The first-order chi connectivity index (χ1) is 8.38. The van der Waals surface area contributed by atoms with Gasteiger partial charge in [0.25, 0.3) is 0 Å². The molecule has 0 spiro atoms. The molecular weight excluding hydrogens is 244 g/mol. The van der Waals surface area contributed by atoms with Crippen LogP contribution in [0.4, 0.5) is 11.6 Å². The maximum atomic E-state index is 11.0. The molecule has 0 bridgehead atoms. The van der Waals surface area contributed by atoms with Gasteiger partial charge in [-0.1, -0.05) is 0 Å². The van der Waals surface area contributed by atoms with E-state index in [-0.39, 0.29) is 12.4 Å². The second-order valence-electron chi connectivity index (χ2n) is 3.64. The third-order valence-corrected chi connectivity index (χ3v) is 2.42. The van der Waals surface area contributed by atoms with Crippen molar-refractivity contribution in [2.75, 3.05) is 19.0 Å². The number of nitrogens with zero attached hydrogens (tertiary/aromatic N) is 3. The monoisotopic (exact) mass is 258 g/mol. The second-order valence-corrected chi connectivity index (χ2v) is 3.64. The van der Waals surface area contributed by atoms with Crippen LogP contribution >= 0.6 is 0 Å². The average molecular weight is 258 g/mol. The van der Waals surface area contributed by atoms with E-state index in [9.17, 15) is 14.9 Å². The van der Waals surface area contributed by atoms with E-state index in [1.54, 1.807) is 14.0 Å². The summed E-state index contributed by atoms with van der Waals surface area (Å²) >= 11 is 0. The molecule has 0 amide bonds. The van der Waals surface area contributed by atoms with Crippen molar-refractivity contribution in [1.29, 1.82) is 0 Å². The molecule has 1 aromatic rings. The molecule has 0 aliphatic carbocycles. The minimum atomic E-state index is -1.16. The predicted octanol–water partition coefficient (Wildman–Crippen LogP) is 0.148. The lowest BCUT2D eigenvalue weighted by Crippen LogP contribution is -2.34. The van der Waals surface area contributed by atoms with E-state index in [1.165, 1.54) is 11.7 Å². The first-order valence-electron chi connectivity index (χ1n) is 5.04. The highest BCUT2D eigenvalue weighted by molar-refractivity contribution is 5.78. The molecule has 9 nitrogen and oxygen atoms in total. The van der Waals surface area contributed by atoms with Gasteiger partial charge in [-0.15, -0.1) is 0 Å². The molecule has 1 heterocycles. The summed E-state index contributed by atoms with van der Waals surface area (Å²) < 4.78 is 6.16. The summed E-state index contributed by atoms with van der Waals surface area (Å²) in [4.78, 5) is 24.8. The number of hydrogen-bond acceptors (Lipinski definition) is 6. The Morgan fingerprint density at radius 2 is 2.33 bits per heavy atom. The number of anilines is 1. The number of hydrogen-bond donors (Lipinski definition) is 2. The van der Waals surface area contributed by atoms with Crippen LogP contribution in [0.3, 0.4) is 0 Å². The molecule has 2 N–H and O–H groups in total. The van der Waals surface area contributed by atoms with Gasteiger partial charge in [0.05, 0.1) is 6.61 Å². The number of carboxylic acid groups (broad SMARTS) is 1. The maximum Gasteiger partial charge on any atom is 0.406 e. The van der Waals surface area contributed by atoms with Crippen molar-refractivity contribution < 1.29 is 19.6 Å². The number of carbonyl (C=O) groups is 1. The van der Waals surface area contributed by atoms with Gasteiger partial charge in [0.2, 0.25) is 11.6 Å². The molecule has 1 aromatic heterocycles. The zero-order valence-electron chi connectivity index (χ0n) is 10.2. The fourth-order valence-electron chi connectivity index (χ4n) is 1.39. The maximum absolute atomic E-state index is 11.0. The summed E-state index contributed by atoms with van der Waals surface area (Å²) in [6.45, 7) is 1.47. The Morgan fingerprint density at radius 1 is 1.72 bits per heavy atom. The molecule has 18 heavy (non-hydrogen) atoms. The van der Waals surface area contributed by atoms with Gasteiger partial charge in [0.15, 0.2) is 0 Å². The number of carboxylic acids is 1. The minimum absolute atomic E-state index is 0.0435. The lowest BCUT2D eigenvalue weighted by Gasteiger charge is -2.14. The Morgan fingerprint density at radius 3 is 2.78 bits per heavy atom. The van der Waals surface area contributed by atoms with Crippen molar-refractivity contribution in [2.24, 2.45) is 7.05 Å². The topological polar surface area (TPSA) is 120 Å². The van der Waals surface area contributed by atoms with Crippen molar-refractivity contribution in [2.45, 2.75) is 13.0 Å². The largest absolute Gasteiger partial charge is 0.480 e. The SMILES string of the molecule is COCC(Nc1c([N+](=O)[O-])nc(C)n1C)C(=O)O. The van der Waals surface area contributed by atoms with Crippen LogP contribution < -0.4 is 5.32 Å². The smallest absolute Gasteiger partial charge is 0.406 e. The van der Waals surface area contributed by atoms with Crippen LogP contribution in [0.1, 0.15) is 5.82 Å². The lowest BCUT2D eigenvalue weighted by atomic mass is 10.3. The van der Waals surface area contributed by atoms with Gasteiger partial charge in [0, 0.05) is 21.1 Å². The standard InChI is InChI=1S/C9H14N4O5/c1-5-10-8(13(16)17)7(12(5)2)11-6(4-18-3)9(14)15/h6,11H,4H2,1-3H3,(H,14,15). The highest BCUT2D eigenvalue weighted by Gasteiger charge is 2.28. The Bertz CT molecular complexity index is 470. The molecule has 1 rings (SSSR count). The number of aryl methyl sites for hydroxylation is 1. The summed E-state index contributed by atoms with van der Waals surface area (Å²) in [5.74, 6) is -1.12. The van der Waals surface area contributed by atoms with E-state index in [0.717, 1.165) is 0 Å². The molecule has 0 fully saturated rings. The molecule has 100 valence electrons. The number of methoxy groups -OCH3 is 1. The van der Waals surface area contributed by atoms with Crippen molar-refractivity contribution in [3.8, 4) is 0 Å². The molecule has 0 radical (unpaired) electrons. The van der Waals surface area contributed by atoms with E-state index in [1.807, 2.05) is 0 Å². The highest BCUT2D eigenvalue weighted by Crippen LogP contribution is 2.24. The third kappa shape index (κ3) is 2.74. The Hall–Kier alpha value is -2.16. The average Bonchev–Trinajstić information content (AvgIpc) is 2.56. The number of aromatic nitrogens is 2. The fourth-order valence-corrected chi connectivity index (χ4v) is 1.39. The zero-order chi connectivity index (χ0) is 13.9. The van der Waals surface area contributed by atoms with Gasteiger partial charge >= 0.3 is 11.8 Å². The summed E-state index contributed by atoms with van der Waals surface area (Å²) in [6.07, 6.45) is 0. The number of ether oxygens (including phenoxy) is 1. The Labute approximate surface area is 103 Å². The van der Waals surface area contributed by atoms with Crippen LogP contribution in [-0.2, 0) is 16.6 Å². The quantitative estimate of drug-likeness (QED) is 0.550. The summed E-state index contributed by atoms with van der Waals surface area (Å²) in [5, 5.41) is 22.3. The predicted molar refractivity (Wildman–Crippen MR) is 61.5 cm³/mol.